The molecule has 0 unspecified atom stereocenters. The third-order valence-corrected chi connectivity index (χ3v) is 2.23. The van der Waals surface area contributed by atoms with Crippen LogP contribution in [0.5, 0.6) is 0 Å². The fourth-order valence-corrected chi connectivity index (χ4v) is 1.29. The van der Waals surface area contributed by atoms with Crippen molar-refractivity contribution in [1.29, 1.82) is 0 Å². The van der Waals surface area contributed by atoms with Crippen LogP contribution in [0.3, 0.4) is 0 Å². The number of rotatable bonds is 3. The summed E-state index contributed by atoms with van der Waals surface area (Å²) in [7, 11) is 0. The molecule has 0 atom stereocenters. The van der Waals surface area contributed by atoms with Gasteiger partial charge in [-0.2, -0.15) is 0 Å². The average molecular weight is 220 g/mol. The van der Waals surface area contributed by atoms with Gasteiger partial charge in [0.1, 0.15) is 0 Å². The van der Waals surface area contributed by atoms with Crippen LogP contribution in [0.4, 0.5) is 5.69 Å². The van der Waals surface area contributed by atoms with E-state index in [1.807, 2.05) is 13.8 Å². The second-order valence-electron chi connectivity index (χ2n) is 3.44. The molecule has 0 fully saturated rings. The quantitative estimate of drug-likeness (QED) is 0.623. The van der Waals surface area contributed by atoms with E-state index < -0.39 is 0 Å². The number of nitrogens with zero attached hydrogens (tertiary/aromatic N) is 1. The normalized spacial score (nSPS) is 10.7. The van der Waals surface area contributed by atoms with E-state index in [0.717, 1.165) is 16.8 Å². The molecule has 16 heavy (non-hydrogen) atoms. The van der Waals surface area contributed by atoms with E-state index in [2.05, 4.69) is 4.98 Å². The Morgan fingerprint density at radius 2 is 2.25 bits per heavy atom. The first kappa shape index (κ1) is 12.2. The molecule has 0 spiro atoms. The highest BCUT2D eigenvalue weighted by Crippen LogP contribution is 2.20. The van der Waals surface area contributed by atoms with Gasteiger partial charge in [-0.15, -0.1) is 0 Å². The highest BCUT2D eigenvalue weighted by molar-refractivity contribution is 5.88. The van der Waals surface area contributed by atoms with Gasteiger partial charge in [0.2, 0.25) is 0 Å². The zero-order valence-electron chi connectivity index (χ0n) is 9.78. The Morgan fingerprint density at radius 1 is 1.56 bits per heavy atom. The molecule has 86 valence electrons. The number of aryl methyl sites for hydroxylation is 2. The molecule has 1 heterocycles. The van der Waals surface area contributed by atoms with E-state index in [4.69, 9.17) is 10.5 Å². The zero-order chi connectivity index (χ0) is 12.1. The highest BCUT2D eigenvalue weighted by atomic mass is 16.5. The number of pyridine rings is 1. The average Bonchev–Trinajstić information content (AvgIpc) is 2.24. The van der Waals surface area contributed by atoms with Crippen molar-refractivity contribution in [3.8, 4) is 0 Å². The van der Waals surface area contributed by atoms with Gasteiger partial charge < -0.3 is 10.5 Å². The summed E-state index contributed by atoms with van der Waals surface area (Å²) < 4.78 is 4.79. The van der Waals surface area contributed by atoms with Crippen molar-refractivity contribution in [3.05, 3.63) is 29.1 Å². The first-order valence-electron chi connectivity index (χ1n) is 5.12. The van der Waals surface area contributed by atoms with Gasteiger partial charge in [-0.1, -0.05) is 0 Å². The maximum atomic E-state index is 11.2. The molecule has 4 heteroatoms. The molecule has 0 bridgehead atoms. The number of aromatic nitrogens is 1. The van der Waals surface area contributed by atoms with Gasteiger partial charge in [0.15, 0.2) is 0 Å². The van der Waals surface area contributed by atoms with Gasteiger partial charge in [-0.25, -0.2) is 4.79 Å². The molecule has 4 nitrogen and oxygen atoms in total. The highest BCUT2D eigenvalue weighted by Gasteiger charge is 2.04. The van der Waals surface area contributed by atoms with E-state index in [0.29, 0.717) is 12.3 Å². The predicted molar refractivity (Wildman–Crippen MR) is 63.8 cm³/mol. The van der Waals surface area contributed by atoms with E-state index in [1.165, 1.54) is 6.08 Å². The lowest BCUT2D eigenvalue weighted by molar-refractivity contribution is -0.137. The summed E-state index contributed by atoms with van der Waals surface area (Å²) in [6, 6.07) is 0. The number of ether oxygens (including phenoxy) is 1. The first-order valence-corrected chi connectivity index (χ1v) is 5.12. The molecular weight excluding hydrogens is 204 g/mol. The van der Waals surface area contributed by atoms with Crippen LogP contribution in [0.25, 0.3) is 6.08 Å². The number of esters is 1. The lowest BCUT2D eigenvalue weighted by Gasteiger charge is -2.06. The van der Waals surface area contributed by atoms with Crippen LogP contribution in [0, 0.1) is 13.8 Å². The van der Waals surface area contributed by atoms with Gasteiger partial charge in [-0.05, 0) is 32.4 Å². The molecule has 0 amide bonds. The summed E-state index contributed by atoms with van der Waals surface area (Å²) in [6.07, 6.45) is 4.72. The van der Waals surface area contributed by atoms with E-state index in [9.17, 15) is 4.79 Å². The lowest BCUT2D eigenvalue weighted by atomic mass is 10.1. The first-order chi connectivity index (χ1) is 7.56. The molecule has 2 N–H and O–H groups in total. The van der Waals surface area contributed by atoms with Gasteiger partial charge in [0.05, 0.1) is 6.61 Å². The fraction of sp³-hybridized carbons (Fsp3) is 0.333. The van der Waals surface area contributed by atoms with Crippen molar-refractivity contribution in [3.63, 3.8) is 0 Å². The third kappa shape index (κ3) is 2.82. The summed E-state index contributed by atoms with van der Waals surface area (Å²) >= 11 is 0. The maximum Gasteiger partial charge on any atom is 0.330 e. The summed E-state index contributed by atoms with van der Waals surface area (Å²) in [6.45, 7) is 5.85. The van der Waals surface area contributed by atoms with Gasteiger partial charge in [0, 0.05) is 29.2 Å². The molecular formula is C12H16N2O2. The molecule has 0 saturated carbocycles. The van der Waals surface area contributed by atoms with Crippen LogP contribution in [-0.2, 0) is 9.53 Å². The van der Waals surface area contributed by atoms with Crippen molar-refractivity contribution < 1.29 is 9.53 Å². The fourth-order valence-electron chi connectivity index (χ4n) is 1.29. The summed E-state index contributed by atoms with van der Waals surface area (Å²) in [5.74, 6) is -0.372. The van der Waals surface area contributed by atoms with Crippen LogP contribution >= 0.6 is 0 Å². The summed E-state index contributed by atoms with van der Waals surface area (Å²) in [4.78, 5) is 15.3. The second kappa shape index (κ2) is 5.30. The van der Waals surface area contributed by atoms with Crippen molar-refractivity contribution in [2.24, 2.45) is 0 Å². The Kier molecular flexibility index (Phi) is 4.05. The molecule has 0 aromatic carbocycles. The Bertz CT molecular complexity index is 425. The number of carbonyl (C=O) groups is 1. The Balaban J connectivity index is 2.97. The van der Waals surface area contributed by atoms with Gasteiger partial charge in [0.25, 0.3) is 0 Å². The predicted octanol–water partition coefficient (Wildman–Crippen LogP) is 1.86. The molecule has 0 aliphatic rings. The van der Waals surface area contributed by atoms with Crippen LogP contribution in [0.2, 0.25) is 0 Å². The van der Waals surface area contributed by atoms with Crippen molar-refractivity contribution in [2.45, 2.75) is 20.8 Å². The Labute approximate surface area is 95.1 Å². The standard InChI is InChI=1S/C12H16N2O2/c1-4-16-11(15)6-5-10-9(3)14-7-8(2)12(10)13/h5-7H,4H2,1-3H3,(H2,13,14). The second-order valence-corrected chi connectivity index (χ2v) is 3.44. The van der Waals surface area contributed by atoms with Crippen LogP contribution in [0.1, 0.15) is 23.7 Å². The number of anilines is 1. The Morgan fingerprint density at radius 3 is 2.88 bits per heavy atom. The lowest BCUT2D eigenvalue weighted by Crippen LogP contribution is -2.01. The minimum atomic E-state index is -0.372. The third-order valence-electron chi connectivity index (χ3n) is 2.23. The van der Waals surface area contributed by atoms with Crippen LogP contribution in [0.15, 0.2) is 12.3 Å². The molecule has 0 aliphatic heterocycles. The topological polar surface area (TPSA) is 65.2 Å². The van der Waals surface area contributed by atoms with Crippen molar-refractivity contribution in [1.82, 2.24) is 4.98 Å². The van der Waals surface area contributed by atoms with Crippen LogP contribution in [-0.4, -0.2) is 17.6 Å². The molecule has 1 aromatic rings. The molecule has 0 radical (unpaired) electrons. The minimum Gasteiger partial charge on any atom is -0.463 e. The Hall–Kier alpha value is -1.84. The van der Waals surface area contributed by atoms with E-state index >= 15 is 0 Å². The molecule has 0 aliphatic carbocycles. The largest absolute Gasteiger partial charge is 0.463 e. The smallest absolute Gasteiger partial charge is 0.330 e. The monoisotopic (exact) mass is 220 g/mol. The van der Waals surface area contributed by atoms with Crippen LogP contribution < -0.4 is 5.73 Å². The molecule has 1 rings (SSSR count). The SMILES string of the molecule is CCOC(=O)C=Cc1c(C)ncc(C)c1N. The number of nitrogens with two attached hydrogens (primary N) is 1. The number of nitrogen functional groups attached to an aromatic ring is 1. The minimum absolute atomic E-state index is 0.365. The number of carbonyl (C=O) groups excluding carboxylic acids is 1. The summed E-state index contributed by atoms with van der Waals surface area (Å²) in [5.41, 5.74) is 9.01. The maximum absolute atomic E-state index is 11.2. The van der Waals surface area contributed by atoms with E-state index in [-0.39, 0.29) is 5.97 Å². The number of hydrogen-bond acceptors (Lipinski definition) is 4. The molecule has 0 saturated heterocycles. The van der Waals surface area contributed by atoms with E-state index in [1.54, 1.807) is 19.2 Å². The van der Waals surface area contributed by atoms with Crippen molar-refractivity contribution >= 4 is 17.7 Å². The summed E-state index contributed by atoms with van der Waals surface area (Å²) in [5, 5.41) is 0. The van der Waals surface area contributed by atoms with Gasteiger partial charge >= 0.3 is 5.97 Å². The number of hydrogen-bond donors (Lipinski definition) is 1. The van der Waals surface area contributed by atoms with Gasteiger partial charge in [-0.3, -0.25) is 4.98 Å². The van der Waals surface area contributed by atoms with Crippen molar-refractivity contribution in [2.75, 3.05) is 12.3 Å². The molecule has 1 aromatic heterocycles. The zero-order valence-corrected chi connectivity index (χ0v) is 9.78.